The maximum absolute atomic E-state index is 9.32. The van der Waals surface area contributed by atoms with Gasteiger partial charge in [-0.15, -0.1) is 0 Å². The van der Waals surface area contributed by atoms with Crippen LogP contribution in [0, 0.1) is 0 Å². The van der Waals surface area contributed by atoms with Crippen LogP contribution in [0.4, 0.5) is 5.82 Å². The predicted octanol–water partition coefficient (Wildman–Crippen LogP) is 1.92. The van der Waals surface area contributed by atoms with Crippen molar-refractivity contribution in [2.75, 3.05) is 25.1 Å². The molecule has 20 heavy (non-hydrogen) atoms. The van der Waals surface area contributed by atoms with E-state index in [1.807, 2.05) is 25.2 Å². The zero-order valence-electron chi connectivity index (χ0n) is 11.8. The number of hydrogen-bond acceptors (Lipinski definition) is 4. The van der Waals surface area contributed by atoms with Gasteiger partial charge in [0.2, 0.25) is 0 Å². The number of rotatable bonds is 6. The van der Waals surface area contributed by atoms with Crippen molar-refractivity contribution in [1.82, 2.24) is 10.3 Å². The maximum atomic E-state index is 9.32. The number of aromatic nitrogens is 1. The molecule has 1 saturated carbocycles. The fraction of sp³-hybridized carbons (Fsp3) is 0.438. The summed E-state index contributed by atoms with van der Waals surface area (Å²) >= 11 is 0. The maximum Gasteiger partial charge on any atom is 0.134 e. The summed E-state index contributed by atoms with van der Waals surface area (Å²) < 4.78 is 0. The molecular formula is C16H21N3O. The molecule has 1 fully saturated rings. The van der Waals surface area contributed by atoms with Crippen LogP contribution in [0.2, 0.25) is 0 Å². The van der Waals surface area contributed by atoms with Crippen LogP contribution in [-0.2, 0) is 6.54 Å². The van der Waals surface area contributed by atoms with E-state index in [9.17, 15) is 5.11 Å². The van der Waals surface area contributed by atoms with Crippen molar-refractivity contribution in [2.24, 2.45) is 0 Å². The van der Waals surface area contributed by atoms with E-state index >= 15 is 0 Å². The molecule has 2 N–H and O–H groups in total. The number of fused-ring (bicyclic) bond motifs is 1. The first-order chi connectivity index (χ1) is 9.83. The summed E-state index contributed by atoms with van der Waals surface area (Å²) in [6.45, 7) is 1.62. The number of aliphatic hydroxyl groups is 1. The highest BCUT2D eigenvalue weighted by Crippen LogP contribution is 2.33. The van der Waals surface area contributed by atoms with E-state index in [0.717, 1.165) is 17.9 Å². The fourth-order valence-electron chi connectivity index (χ4n) is 2.67. The van der Waals surface area contributed by atoms with E-state index in [1.165, 1.54) is 23.8 Å². The zero-order valence-corrected chi connectivity index (χ0v) is 11.8. The van der Waals surface area contributed by atoms with E-state index in [0.29, 0.717) is 12.6 Å². The van der Waals surface area contributed by atoms with Gasteiger partial charge in [-0.25, -0.2) is 4.98 Å². The average molecular weight is 271 g/mol. The Bertz CT molecular complexity index is 595. The van der Waals surface area contributed by atoms with Gasteiger partial charge in [0.15, 0.2) is 0 Å². The van der Waals surface area contributed by atoms with Crippen LogP contribution < -0.4 is 10.2 Å². The minimum absolute atomic E-state index is 0.171. The predicted molar refractivity (Wildman–Crippen MR) is 82.0 cm³/mol. The molecule has 1 aromatic heterocycles. The lowest BCUT2D eigenvalue weighted by molar-refractivity contribution is 0.301. The molecule has 0 amide bonds. The number of benzene rings is 1. The van der Waals surface area contributed by atoms with Gasteiger partial charge in [0.05, 0.1) is 12.1 Å². The monoisotopic (exact) mass is 271 g/mol. The third kappa shape index (κ3) is 2.62. The molecule has 0 unspecified atom stereocenters. The summed E-state index contributed by atoms with van der Waals surface area (Å²) in [4.78, 5) is 7.11. The minimum atomic E-state index is 0.171. The van der Waals surface area contributed by atoms with Crippen LogP contribution in [0.1, 0.15) is 18.4 Å². The van der Waals surface area contributed by atoms with Gasteiger partial charge >= 0.3 is 0 Å². The summed E-state index contributed by atoms with van der Waals surface area (Å²) in [7, 11) is 1.95. The lowest BCUT2D eigenvalue weighted by atomic mass is 10.1. The lowest BCUT2D eigenvalue weighted by Crippen LogP contribution is -2.31. The Labute approximate surface area is 119 Å². The van der Waals surface area contributed by atoms with Gasteiger partial charge in [-0.05, 0) is 32.0 Å². The molecule has 2 aromatic rings. The van der Waals surface area contributed by atoms with Crippen molar-refractivity contribution in [2.45, 2.75) is 25.4 Å². The number of nitrogens with one attached hydrogen (secondary N) is 1. The van der Waals surface area contributed by atoms with E-state index in [4.69, 9.17) is 4.98 Å². The molecule has 0 saturated heterocycles. The van der Waals surface area contributed by atoms with Crippen LogP contribution in [0.3, 0.4) is 0 Å². The molecular weight excluding hydrogens is 250 g/mol. The Morgan fingerprint density at radius 2 is 2.15 bits per heavy atom. The van der Waals surface area contributed by atoms with Crippen molar-refractivity contribution in [3.63, 3.8) is 0 Å². The first-order valence-corrected chi connectivity index (χ1v) is 7.24. The first-order valence-electron chi connectivity index (χ1n) is 7.24. The number of pyridine rings is 1. The average Bonchev–Trinajstić information content (AvgIpc) is 3.29. The Balaban J connectivity index is 2.07. The summed E-state index contributed by atoms with van der Waals surface area (Å²) in [5, 5.41) is 13.7. The molecule has 4 nitrogen and oxygen atoms in total. The SMILES string of the molecule is CNCc1cc2ccccc2nc1N(CCO)C1CC1. The zero-order chi connectivity index (χ0) is 13.9. The second-order valence-corrected chi connectivity index (χ2v) is 5.34. The molecule has 106 valence electrons. The van der Waals surface area contributed by atoms with Crippen molar-refractivity contribution in [1.29, 1.82) is 0 Å². The highest BCUT2D eigenvalue weighted by atomic mass is 16.3. The van der Waals surface area contributed by atoms with Gasteiger partial charge in [-0.3, -0.25) is 0 Å². The van der Waals surface area contributed by atoms with Crippen LogP contribution in [0.5, 0.6) is 0 Å². The van der Waals surface area contributed by atoms with E-state index in [2.05, 4.69) is 22.3 Å². The number of para-hydroxylation sites is 1. The smallest absolute Gasteiger partial charge is 0.134 e. The second kappa shape index (κ2) is 5.77. The second-order valence-electron chi connectivity index (χ2n) is 5.34. The van der Waals surface area contributed by atoms with E-state index < -0.39 is 0 Å². The molecule has 3 rings (SSSR count). The van der Waals surface area contributed by atoms with E-state index in [1.54, 1.807) is 0 Å². The topological polar surface area (TPSA) is 48.4 Å². The Morgan fingerprint density at radius 1 is 1.35 bits per heavy atom. The molecule has 4 heteroatoms. The van der Waals surface area contributed by atoms with Crippen molar-refractivity contribution < 1.29 is 5.11 Å². The summed E-state index contributed by atoms with van der Waals surface area (Å²) in [5.41, 5.74) is 2.22. The van der Waals surface area contributed by atoms with Gasteiger partial charge in [0.1, 0.15) is 5.82 Å². The van der Waals surface area contributed by atoms with Crippen molar-refractivity contribution in [3.8, 4) is 0 Å². The van der Waals surface area contributed by atoms with Crippen molar-refractivity contribution >= 4 is 16.7 Å². The highest BCUT2D eigenvalue weighted by molar-refractivity contribution is 5.82. The highest BCUT2D eigenvalue weighted by Gasteiger charge is 2.31. The largest absolute Gasteiger partial charge is 0.395 e. The lowest BCUT2D eigenvalue weighted by Gasteiger charge is -2.25. The molecule has 0 bridgehead atoms. The van der Waals surface area contributed by atoms with Gasteiger partial charge in [0.25, 0.3) is 0 Å². The summed E-state index contributed by atoms with van der Waals surface area (Å²) in [5.74, 6) is 1.02. The van der Waals surface area contributed by atoms with Gasteiger partial charge < -0.3 is 15.3 Å². The van der Waals surface area contributed by atoms with E-state index in [-0.39, 0.29) is 6.61 Å². The third-order valence-corrected chi connectivity index (χ3v) is 3.75. The Morgan fingerprint density at radius 3 is 2.85 bits per heavy atom. The van der Waals surface area contributed by atoms with Crippen molar-refractivity contribution in [3.05, 3.63) is 35.9 Å². The normalized spacial score (nSPS) is 14.7. The fourth-order valence-corrected chi connectivity index (χ4v) is 2.67. The minimum Gasteiger partial charge on any atom is -0.395 e. The van der Waals surface area contributed by atoms with Crippen LogP contribution in [-0.4, -0.2) is 36.3 Å². The third-order valence-electron chi connectivity index (χ3n) is 3.75. The van der Waals surface area contributed by atoms with Gasteiger partial charge in [-0.1, -0.05) is 18.2 Å². The standard InChI is InChI=1S/C16H21N3O/c1-17-11-13-10-12-4-2-3-5-15(12)18-16(13)19(8-9-20)14-6-7-14/h2-5,10,14,17,20H,6-9,11H2,1H3. The van der Waals surface area contributed by atoms with Gasteiger partial charge in [-0.2, -0.15) is 0 Å². The number of hydrogen-bond donors (Lipinski definition) is 2. The Hall–Kier alpha value is -1.65. The number of aliphatic hydroxyl groups excluding tert-OH is 1. The quantitative estimate of drug-likeness (QED) is 0.842. The molecule has 1 aromatic carbocycles. The number of anilines is 1. The first kappa shape index (κ1) is 13.3. The van der Waals surface area contributed by atoms with Crippen LogP contribution in [0.25, 0.3) is 10.9 Å². The molecule has 0 spiro atoms. The van der Waals surface area contributed by atoms with Gasteiger partial charge in [0, 0.05) is 30.1 Å². The summed E-state index contributed by atoms with van der Waals surface area (Å²) in [6, 6.07) is 11.0. The molecule has 0 radical (unpaired) electrons. The number of nitrogens with zero attached hydrogens (tertiary/aromatic N) is 2. The molecule has 0 aliphatic heterocycles. The molecule has 1 aliphatic carbocycles. The molecule has 1 heterocycles. The van der Waals surface area contributed by atoms with Crippen LogP contribution in [0.15, 0.2) is 30.3 Å². The Kier molecular flexibility index (Phi) is 3.85. The molecule has 1 aliphatic rings. The van der Waals surface area contributed by atoms with Crippen LogP contribution >= 0.6 is 0 Å². The summed E-state index contributed by atoms with van der Waals surface area (Å²) in [6.07, 6.45) is 2.40. The molecule has 0 atom stereocenters.